The number of nitrogens with zero attached hydrogens (tertiary/aromatic N) is 3. The first kappa shape index (κ1) is 15.1. The predicted molar refractivity (Wildman–Crippen MR) is 107 cm³/mol. The van der Waals surface area contributed by atoms with E-state index in [2.05, 4.69) is 87.7 Å². The molecule has 0 saturated heterocycles. The molecule has 126 valence electrons. The fourth-order valence-electron chi connectivity index (χ4n) is 3.52. The molecule has 0 atom stereocenters. The summed E-state index contributed by atoms with van der Waals surface area (Å²) in [5.41, 5.74) is 2.24. The van der Waals surface area contributed by atoms with E-state index >= 15 is 0 Å². The van der Waals surface area contributed by atoms with Crippen molar-refractivity contribution in [3.05, 3.63) is 89.6 Å². The van der Waals surface area contributed by atoms with Gasteiger partial charge in [0, 0.05) is 17.1 Å². The van der Waals surface area contributed by atoms with Crippen LogP contribution in [0.2, 0.25) is 0 Å². The molecule has 0 amide bonds. The molecule has 26 heavy (non-hydrogen) atoms. The summed E-state index contributed by atoms with van der Waals surface area (Å²) in [5, 5.41) is 11.0. The number of aromatic amines is 1. The molecule has 0 aliphatic rings. The SMILES string of the molecule is S=c1[nH]nc(Cn2ccc3ccccc32)n1-c1cccc2ccccc12. The third-order valence-electron chi connectivity index (χ3n) is 4.74. The highest BCUT2D eigenvalue weighted by atomic mass is 32.1. The van der Waals surface area contributed by atoms with Crippen LogP contribution in [0.1, 0.15) is 5.82 Å². The maximum atomic E-state index is 5.54. The number of hydrogen-bond acceptors (Lipinski definition) is 2. The topological polar surface area (TPSA) is 38.5 Å². The lowest BCUT2D eigenvalue weighted by atomic mass is 10.1. The minimum absolute atomic E-state index is 0.604. The zero-order chi connectivity index (χ0) is 17.5. The molecule has 0 aliphatic carbocycles. The number of benzene rings is 3. The number of aromatic nitrogens is 4. The van der Waals surface area contributed by atoms with E-state index in [1.165, 1.54) is 16.3 Å². The second-order valence-electron chi connectivity index (χ2n) is 6.28. The molecule has 5 rings (SSSR count). The number of rotatable bonds is 3. The number of nitrogens with one attached hydrogen (secondary N) is 1. The Kier molecular flexibility index (Phi) is 3.47. The van der Waals surface area contributed by atoms with Gasteiger partial charge in [-0.15, -0.1) is 0 Å². The van der Waals surface area contributed by atoms with E-state index in [9.17, 15) is 0 Å². The van der Waals surface area contributed by atoms with Gasteiger partial charge in [-0.05, 0) is 41.2 Å². The lowest BCUT2D eigenvalue weighted by molar-refractivity contribution is 0.748. The number of hydrogen-bond donors (Lipinski definition) is 1. The molecule has 3 aromatic carbocycles. The quantitative estimate of drug-likeness (QED) is 0.458. The molecule has 0 spiro atoms. The first-order chi connectivity index (χ1) is 12.8. The Morgan fingerprint density at radius 2 is 1.62 bits per heavy atom. The average molecular weight is 356 g/mol. The van der Waals surface area contributed by atoms with Gasteiger partial charge in [0.1, 0.15) is 0 Å². The molecule has 4 nitrogen and oxygen atoms in total. The standard InChI is InChI=1S/C21H16N4S/c26-21-23-22-20(14-24-13-12-16-7-2-4-10-18(16)24)25(21)19-11-5-8-15-6-1-3-9-17(15)19/h1-13H,14H2,(H,23,26). The minimum atomic E-state index is 0.604. The molecule has 5 aromatic rings. The van der Waals surface area contributed by atoms with Crippen LogP contribution in [0.4, 0.5) is 0 Å². The van der Waals surface area contributed by atoms with E-state index in [4.69, 9.17) is 12.2 Å². The molecule has 0 bridgehead atoms. The summed E-state index contributed by atoms with van der Waals surface area (Å²) in [6.07, 6.45) is 2.09. The smallest absolute Gasteiger partial charge is 0.199 e. The molecular weight excluding hydrogens is 340 g/mol. The zero-order valence-electron chi connectivity index (χ0n) is 14.0. The molecule has 5 heteroatoms. The average Bonchev–Trinajstić information content (AvgIpc) is 3.25. The Morgan fingerprint density at radius 1 is 0.846 bits per heavy atom. The fourth-order valence-corrected chi connectivity index (χ4v) is 3.77. The second kappa shape index (κ2) is 5.97. The van der Waals surface area contributed by atoms with E-state index in [-0.39, 0.29) is 0 Å². The first-order valence-corrected chi connectivity index (χ1v) is 8.90. The van der Waals surface area contributed by atoms with Crippen LogP contribution in [-0.4, -0.2) is 19.3 Å². The maximum absolute atomic E-state index is 5.54. The van der Waals surface area contributed by atoms with Gasteiger partial charge >= 0.3 is 0 Å². The lowest BCUT2D eigenvalue weighted by Gasteiger charge is -2.11. The van der Waals surface area contributed by atoms with Crippen LogP contribution < -0.4 is 0 Å². The summed E-state index contributed by atoms with van der Waals surface area (Å²) >= 11 is 5.54. The minimum Gasteiger partial charge on any atom is -0.340 e. The highest BCUT2D eigenvalue weighted by molar-refractivity contribution is 7.71. The predicted octanol–water partition coefficient (Wildman–Crippen LogP) is 5.09. The highest BCUT2D eigenvalue weighted by Gasteiger charge is 2.12. The Labute approximate surface area is 155 Å². The molecule has 2 heterocycles. The zero-order valence-corrected chi connectivity index (χ0v) is 14.8. The van der Waals surface area contributed by atoms with Crippen LogP contribution in [0, 0.1) is 4.77 Å². The summed E-state index contributed by atoms with van der Waals surface area (Å²) in [7, 11) is 0. The Bertz CT molecular complexity index is 1290. The largest absolute Gasteiger partial charge is 0.340 e. The van der Waals surface area contributed by atoms with Gasteiger partial charge in [-0.25, -0.2) is 0 Å². The van der Waals surface area contributed by atoms with Gasteiger partial charge in [-0.2, -0.15) is 5.10 Å². The Hall–Kier alpha value is -3.18. The van der Waals surface area contributed by atoms with Crippen LogP contribution in [0.5, 0.6) is 0 Å². The molecule has 1 N–H and O–H groups in total. The van der Waals surface area contributed by atoms with Gasteiger partial charge in [0.05, 0.1) is 12.2 Å². The normalized spacial score (nSPS) is 11.4. The third-order valence-corrected chi connectivity index (χ3v) is 5.02. The van der Waals surface area contributed by atoms with Crippen molar-refractivity contribution < 1.29 is 0 Å². The number of para-hydroxylation sites is 1. The summed E-state index contributed by atoms with van der Waals surface area (Å²) in [5.74, 6) is 0.882. The van der Waals surface area contributed by atoms with E-state index in [1.54, 1.807) is 0 Å². The molecule has 0 saturated carbocycles. The van der Waals surface area contributed by atoms with Gasteiger partial charge in [0.15, 0.2) is 10.6 Å². The molecule has 0 unspecified atom stereocenters. The van der Waals surface area contributed by atoms with Crippen molar-refractivity contribution in [2.24, 2.45) is 0 Å². The molecular formula is C21H16N4S. The summed E-state index contributed by atoms with van der Waals surface area (Å²) < 4.78 is 4.83. The van der Waals surface area contributed by atoms with Crippen molar-refractivity contribution in [2.45, 2.75) is 6.54 Å². The monoisotopic (exact) mass is 356 g/mol. The van der Waals surface area contributed by atoms with Crippen LogP contribution >= 0.6 is 12.2 Å². The molecule has 0 fully saturated rings. The summed E-state index contributed by atoms with van der Waals surface area (Å²) in [6.45, 7) is 0.643. The first-order valence-electron chi connectivity index (χ1n) is 8.49. The summed E-state index contributed by atoms with van der Waals surface area (Å²) in [6, 6.07) is 25.1. The van der Waals surface area contributed by atoms with Crippen molar-refractivity contribution in [1.29, 1.82) is 0 Å². The van der Waals surface area contributed by atoms with Gasteiger partial charge in [0.25, 0.3) is 0 Å². The van der Waals surface area contributed by atoms with Crippen LogP contribution in [0.25, 0.3) is 27.4 Å². The highest BCUT2D eigenvalue weighted by Crippen LogP contribution is 2.24. The van der Waals surface area contributed by atoms with Gasteiger partial charge in [0.2, 0.25) is 0 Å². The fraction of sp³-hybridized carbons (Fsp3) is 0.0476. The van der Waals surface area contributed by atoms with Crippen LogP contribution in [0.3, 0.4) is 0 Å². The van der Waals surface area contributed by atoms with Crippen LogP contribution in [-0.2, 0) is 6.54 Å². The van der Waals surface area contributed by atoms with E-state index in [0.29, 0.717) is 11.3 Å². The Morgan fingerprint density at radius 3 is 2.54 bits per heavy atom. The van der Waals surface area contributed by atoms with Crippen molar-refractivity contribution in [2.75, 3.05) is 0 Å². The van der Waals surface area contributed by atoms with Crippen LogP contribution in [0.15, 0.2) is 79.0 Å². The van der Waals surface area contributed by atoms with E-state index < -0.39 is 0 Å². The van der Waals surface area contributed by atoms with Crippen molar-refractivity contribution in [3.63, 3.8) is 0 Å². The molecule has 0 radical (unpaired) electrons. The third kappa shape index (κ3) is 2.36. The number of fused-ring (bicyclic) bond motifs is 2. The van der Waals surface area contributed by atoms with Crippen molar-refractivity contribution in [1.82, 2.24) is 19.3 Å². The maximum Gasteiger partial charge on any atom is 0.199 e. The molecule has 0 aliphatic heterocycles. The van der Waals surface area contributed by atoms with E-state index in [0.717, 1.165) is 16.9 Å². The van der Waals surface area contributed by atoms with Gasteiger partial charge in [-0.3, -0.25) is 9.67 Å². The summed E-state index contributed by atoms with van der Waals surface area (Å²) in [4.78, 5) is 0. The Balaban J connectivity index is 1.68. The van der Waals surface area contributed by atoms with Crippen molar-refractivity contribution >= 4 is 33.9 Å². The second-order valence-corrected chi connectivity index (χ2v) is 6.67. The lowest BCUT2D eigenvalue weighted by Crippen LogP contribution is -2.07. The number of H-pyrrole nitrogens is 1. The van der Waals surface area contributed by atoms with Gasteiger partial charge in [-0.1, -0.05) is 54.6 Å². The molecule has 2 aromatic heterocycles. The van der Waals surface area contributed by atoms with Crippen molar-refractivity contribution in [3.8, 4) is 5.69 Å². The van der Waals surface area contributed by atoms with E-state index in [1.807, 2.05) is 10.6 Å². The van der Waals surface area contributed by atoms with Gasteiger partial charge < -0.3 is 4.57 Å².